The van der Waals surface area contributed by atoms with Gasteiger partial charge in [0.1, 0.15) is 36.6 Å². The fourth-order valence-electron chi connectivity index (χ4n) is 4.25. The van der Waals surface area contributed by atoms with Gasteiger partial charge in [0.05, 0.1) is 13.2 Å². The van der Waals surface area contributed by atoms with Crippen LogP contribution < -0.4 is 22.5 Å². The van der Waals surface area contributed by atoms with Crippen molar-refractivity contribution in [2.75, 3.05) is 13.2 Å². The van der Waals surface area contributed by atoms with Crippen LogP contribution in [-0.2, 0) is 49.7 Å². The van der Waals surface area contributed by atoms with Crippen molar-refractivity contribution in [3.63, 3.8) is 0 Å². The van der Waals surface area contributed by atoms with E-state index in [0.29, 0.717) is 9.13 Å². The Morgan fingerprint density at radius 2 is 0.918 bits per heavy atom. The molecule has 0 radical (unpaired) electrons. The molecule has 10 N–H and O–H groups in total. The number of nitrogens with one attached hydrogen (secondary N) is 2. The monoisotopic (exact) mass is 790 g/mol. The zero-order valence-corrected chi connectivity index (χ0v) is 27.3. The number of phosphoric ester groups is 2. The van der Waals surface area contributed by atoms with E-state index in [0.717, 1.165) is 24.5 Å². The van der Waals surface area contributed by atoms with E-state index in [4.69, 9.17) is 9.47 Å². The van der Waals surface area contributed by atoms with Crippen molar-refractivity contribution in [1.29, 1.82) is 0 Å². The predicted molar refractivity (Wildman–Crippen MR) is 149 cm³/mol. The maximum Gasteiger partial charge on any atom is 0.490 e. The van der Waals surface area contributed by atoms with Crippen molar-refractivity contribution in [1.82, 2.24) is 19.1 Å². The van der Waals surface area contributed by atoms with Crippen LogP contribution in [0.1, 0.15) is 12.5 Å². The Balaban J connectivity index is 1.31. The maximum atomic E-state index is 12.2. The molecular weight excluding hydrogens is 764 g/mol. The molecule has 2 aliphatic rings. The third-order valence-corrected chi connectivity index (χ3v) is 12.3. The van der Waals surface area contributed by atoms with E-state index >= 15 is 0 Å². The van der Waals surface area contributed by atoms with Crippen LogP contribution >= 0.6 is 31.3 Å². The highest BCUT2D eigenvalue weighted by atomic mass is 31.3. The Hall–Kier alpha value is -2.32. The first kappa shape index (κ1) is 39.5. The fourth-order valence-corrected chi connectivity index (χ4v) is 9.20. The number of aliphatic hydroxyl groups is 4. The minimum Gasteiger partial charge on any atom is -0.387 e. The quantitative estimate of drug-likeness (QED) is 0.0811. The van der Waals surface area contributed by atoms with Crippen LogP contribution in [0.5, 0.6) is 0 Å². The Bertz CT molecular complexity index is 1820. The van der Waals surface area contributed by atoms with Gasteiger partial charge in [-0.25, -0.2) is 27.8 Å². The lowest BCUT2D eigenvalue weighted by Crippen LogP contribution is -2.37. The van der Waals surface area contributed by atoms with Gasteiger partial charge >= 0.3 is 42.7 Å². The summed E-state index contributed by atoms with van der Waals surface area (Å²) < 4.78 is 80.5. The van der Waals surface area contributed by atoms with Gasteiger partial charge in [-0.3, -0.25) is 37.7 Å². The summed E-state index contributed by atoms with van der Waals surface area (Å²) in [5.74, 6) is 0. The van der Waals surface area contributed by atoms with Gasteiger partial charge in [-0.05, 0) is 0 Å². The van der Waals surface area contributed by atoms with E-state index in [1.807, 2.05) is 9.97 Å². The smallest absolute Gasteiger partial charge is 0.387 e. The molecule has 27 nitrogen and oxygen atoms in total. The number of H-pyrrole nitrogens is 2. The summed E-state index contributed by atoms with van der Waals surface area (Å²) in [6.07, 6.45) is -12.6. The molecule has 2 aliphatic heterocycles. The number of ether oxygens (including phenoxy) is 2. The first-order valence-electron chi connectivity index (χ1n) is 12.9. The van der Waals surface area contributed by atoms with Crippen LogP contribution in [0.15, 0.2) is 43.7 Å². The van der Waals surface area contributed by atoms with Gasteiger partial charge in [0.25, 0.3) is 11.1 Å². The lowest BCUT2D eigenvalue weighted by molar-refractivity contribution is -0.0544. The summed E-state index contributed by atoms with van der Waals surface area (Å²) >= 11 is 0. The standard InChI is InChI=1S/C18H26N4O23P4/c23-9-1-3-21(17(29)19-9)15-13(27)11(25)7(41-15)5-39-46(31,32)43-48(35,36)45-49(37,38)44-47(33,34)40-6-8-12(26)14(28)16(42-8)22-4-2-10(24)20-18(22)30/h1-4,7-8,11-16,25-28H,5-6H2,(H,31,32)(H,33,34)(H,35,36)(H,37,38)(H,19,23,29)(H,20,24,30)/t7-,8-,11?,12?,13+,14?,15-,16-/m1/s1. The second kappa shape index (κ2) is 14.7. The van der Waals surface area contributed by atoms with E-state index in [-0.39, 0.29) is 0 Å². The molecule has 49 heavy (non-hydrogen) atoms. The molecule has 7 unspecified atom stereocenters. The van der Waals surface area contributed by atoms with Gasteiger partial charge in [-0.2, -0.15) is 12.9 Å². The van der Waals surface area contributed by atoms with Crippen molar-refractivity contribution in [3.8, 4) is 0 Å². The van der Waals surface area contributed by atoms with Crippen molar-refractivity contribution < 1.29 is 89.7 Å². The number of hydrogen-bond donors (Lipinski definition) is 10. The first-order valence-corrected chi connectivity index (χ1v) is 18.9. The highest BCUT2D eigenvalue weighted by Crippen LogP contribution is 2.71. The van der Waals surface area contributed by atoms with Crippen molar-refractivity contribution in [2.45, 2.75) is 49.1 Å². The van der Waals surface area contributed by atoms with E-state index in [2.05, 4.69) is 22.0 Å². The van der Waals surface area contributed by atoms with E-state index < -0.39 is 116 Å². The molecule has 2 saturated heterocycles. The van der Waals surface area contributed by atoms with Crippen LogP contribution in [0.4, 0.5) is 0 Å². The van der Waals surface area contributed by atoms with Crippen LogP contribution in [0, 0.1) is 0 Å². The lowest BCUT2D eigenvalue weighted by atomic mass is 10.1. The molecule has 2 fully saturated rings. The highest BCUT2D eigenvalue weighted by Gasteiger charge is 2.49. The predicted octanol–water partition coefficient (Wildman–Crippen LogP) is -4.19. The molecule has 4 rings (SSSR count). The molecule has 31 heteroatoms. The topological polar surface area (TPSA) is 404 Å². The molecule has 2 aromatic rings. The number of nitrogens with zero attached hydrogens (tertiary/aromatic N) is 2. The molecule has 12 atom stereocenters. The van der Waals surface area contributed by atoms with Crippen LogP contribution in [-0.4, -0.2) is 109 Å². The van der Waals surface area contributed by atoms with Crippen LogP contribution in [0.2, 0.25) is 0 Å². The van der Waals surface area contributed by atoms with Crippen molar-refractivity contribution >= 4 is 31.3 Å². The normalized spacial score (nSPS) is 32.2. The summed E-state index contributed by atoms with van der Waals surface area (Å²) in [6.45, 7) is -2.43. The number of hydrogen-bond acceptors (Lipinski definition) is 19. The van der Waals surface area contributed by atoms with Crippen LogP contribution in [0.3, 0.4) is 0 Å². The Kier molecular flexibility index (Phi) is 11.9. The van der Waals surface area contributed by atoms with E-state index in [1.54, 1.807) is 0 Å². The molecule has 0 amide bonds. The minimum atomic E-state index is -6.24. The van der Waals surface area contributed by atoms with Gasteiger partial charge in [0.2, 0.25) is 0 Å². The van der Waals surface area contributed by atoms with E-state index in [1.165, 1.54) is 0 Å². The zero-order valence-electron chi connectivity index (χ0n) is 23.7. The summed E-state index contributed by atoms with van der Waals surface area (Å²) in [7, 11) is -24.1. The summed E-state index contributed by atoms with van der Waals surface area (Å²) in [5.41, 5.74) is -3.78. The fraction of sp³-hybridized carbons (Fsp3) is 0.556. The average molecular weight is 790 g/mol. The number of aromatic amines is 2. The number of aromatic nitrogens is 4. The number of rotatable bonds is 14. The Morgan fingerprint density at radius 1 is 0.592 bits per heavy atom. The third kappa shape index (κ3) is 9.93. The van der Waals surface area contributed by atoms with Gasteiger partial charge in [0, 0.05) is 24.5 Å². The molecule has 0 spiro atoms. The Labute approximate surface area is 268 Å². The first-order chi connectivity index (χ1) is 22.5. The highest BCUT2D eigenvalue weighted by molar-refractivity contribution is 7.69. The maximum absolute atomic E-state index is 12.2. The number of aliphatic hydroxyl groups excluding tert-OH is 4. The van der Waals surface area contributed by atoms with Gasteiger partial charge < -0.3 is 49.5 Å². The van der Waals surface area contributed by atoms with Gasteiger partial charge in [-0.15, -0.1) is 0 Å². The van der Waals surface area contributed by atoms with Gasteiger partial charge in [-0.1, -0.05) is 0 Å². The molecule has 0 aromatic carbocycles. The molecule has 4 heterocycles. The minimum absolute atomic E-state index is 0.642. The molecule has 2 aromatic heterocycles. The molecular formula is C18H26N4O23P4. The average Bonchev–Trinajstić information content (AvgIpc) is 3.38. The number of phosphoric acid groups is 4. The summed E-state index contributed by atoms with van der Waals surface area (Å²) in [4.78, 5) is 89.1. The molecule has 0 saturated carbocycles. The van der Waals surface area contributed by atoms with Crippen molar-refractivity contribution in [2.24, 2.45) is 0 Å². The largest absolute Gasteiger partial charge is 0.490 e. The summed E-state index contributed by atoms with van der Waals surface area (Å²) in [6, 6.07) is 1.73. The second-order valence-electron chi connectivity index (χ2n) is 9.84. The molecule has 0 bridgehead atoms. The van der Waals surface area contributed by atoms with Crippen LogP contribution in [0.25, 0.3) is 0 Å². The van der Waals surface area contributed by atoms with Crippen molar-refractivity contribution in [3.05, 3.63) is 66.2 Å². The molecule has 0 aliphatic carbocycles. The lowest BCUT2D eigenvalue weighted by Gasteiger charge is -2.21. The Morgan fingerprint density at radius 3 is 1.24 bits per heavy atom. The SMILES string of the molecule is O=c1ccn([C@@H]2O[C@H](COP(=O)(O)OP(=O)(O)OP(=O)(O)OP(=O)(O)OC[C@H]3O[C@@H](n4ccc(=O)[nH]c4=O)[C@@H](O)C3O)C(O)C2O)c(=O)[nH]1. The van der Waals surface area contributed by atoms with Gasteiger partial charge in [0.15, 0.2) is 12.5 Å². The van der Waals surface area contributed by atoms with E-state index in [9.17, 15) is 77.4 Å². The molecule has 276 valence electrons. The third-order valence-electron chi connectivity index (χ3n) is 6.35. The zero-order chi connectivity index (χ0) is 36.7. The second-order valence-corrected chi connectivity index (χ2v) is 16.1. The summed E-state index contributed by atoms with van der Waals surface area (Å²) in [5, 5.41) is 40.7.